The molecule has 0 saturated heterocycles. The molecule has 1 heterocycles. The minimum atomic E-state index is -0.309. The molecule has 1 rings (SSSR count). The number of amides is 1. The molecule has 1 amide bonds. The third-order valence-corrected chi connectivity index (χ3v) is 2.08. The van der Waals surface area contributed by atoms with Gasteiger partial charge in [-0.3, -0.25) is 4.79 Å². The largest absolute Gasteiger partial charge is 0.348 e. The van der Waals surface area contributed by atoms with Crippen molar-refractivity contribution in [2.24, 2.45) is 0 Å². The number of nitrogens with one attached hydrogen (secondary N) is 1. The minimum Gasteiger partial charge on any atom is -0.348 e. The van der Waals surface area contributed by atoms with Gasteiger partial charge in [0.1, 0.15) is 5.15 Å². The van der Waals surface area contributed by atoms with Gasteiger partial charge in [0.2, 0.25) is 0 Å². The van der Waals surface area contributed by atoms with Crippen molar-refractivity contribution in [2.45, 2.75) is 19.4 Å². The van der Waals surface area contributed by atoms with E-state index in [4.69, 9.17) is 16.9 Å². The standard InChI is InChI=1S/C10H10ClN3O/c1-7(4-5-12)14-10(15)8-3-2-6-13-9(8)11/h2-3,6-7H,4H2,1H3,(H,14,15)/t7-/m0/s1. The number of nitriles is 1. The second-order valence-electron chi connectivity index (χ2n) is 3.08. The number of hydrogen-bond donors (Lipinski definition) is 1. The normalized spacial score (nSPS) is 11.5. The highest BCUT2D eigenvalue weighted by atomic mass is 35.5. The third kappa shape index (κ3) is 3.22. The lowest BCUT2D eigenvalue weighted by molar-refractivity contribution is 0.0940. The van der Waals surface area contributed by atoms with Crippen molar-refractivity contribution in [3.63, 3.8) is 0 Å². The van der Waals surface area contributed by atoms with Gasteiger partial charge in [-0.25, -0.2) is 4.98 Å². The lowest BCUT2D eigenvalue weighted by Gasteiger charge is -2.10. The molecule has 78 valence electrons. The van der Waals surface area contributed by atoms with Crippen LogP contribution in [0.1, 0.15) is 23.7 Å². The molecule has 0 aliphatic carbocycles. The van der Waals surface area contributed by atoms with E-state index in [0.29, 0.717) is 5.56 Å². The fraction of sp³-hybridized carbons (Fsp3) is 0.300. The van der Waals surface area contributed by atoms with Crippen molar-refractivity contribution in [2.75, 3.05) is 0 Å². The maximum atomic E-state index is 11.6. The summed E-state index contributed by atoms with van der Waals surface area (Å²) in [6.45, 7) is 1.76. The summed E-state index contributed by atoms with van der Waals surface area (Å²) in [4.78, 5) is 15.4. The molecular weight excluding hydrogens is 214 g/mol. The van der Waals surface area contributed by atoms with Crippen molar-refractivity contribution in [1.29, 1.82) is 5.26 Å². The number of rotatable bonds is 3. The smallest absolute Gasteiger partial charge is 0.254 e. The molecule has 15 heavy (non-hydrogen) atoms. The Kier molecular flexibility index (Phi) is 4.07. The van der Waals surface area contributed by atoms with Gasteiger partial charge in [-0.05, 0) is 19.1 Å². The summed E-state index contributed by atoms with van der Waals surface area (Å²) in [6, 6.07) is 5.00. The zero-order chi connectivity index (χ0) is 11.3. The van der Waals surface area contributed by atoms with Crippen molar-refractivity contribution >= 4 is 17.5 Å². The van der Waals surface area contributed by atoms with Gasteiger partial charge in [0.15, 0.2) is 0 Å². The van der Waals surface area contributed by atoms with Crippen LogP contribution in [0.15, 0.2) is 18.3 Å². The first-order valence-corrected chi connectivity index (χ1v) is 4.81. The molecule has 0 fully saturated rings. The lowest BCUT2D eigenvalue weighted by Crippen LogP contribution is -2.32. The van der Waals surface area contributed by atoms with E-state index in [-0.39, 0.29) is 23.5 Å². The number of halogens is 1. The van der Waals surface area contributed by atoms with E-state index in [1.807, 2.05) is 6.07 Å². The zero-order valence-electron chi connectivity index (χ0n) is 8.20. The Labute approximate surface area is 92.9 Å². The van der Waals surface area contributed by atoms with Gasteiger partial charge < -0.3 is 5.32 Å². The van der Waals surface area contributed by atoms with Crippen molar-refractivity contribution in [1.82, 2.24) is 10.3 Å². The quantitative estimate of drug-likeness (QED) is 0.795. The zero-order valence-corrected chi connectivity index (χ0v) is 8.95. The summed E-state index contributed by atoms with van der Waals surface area (Å²) >= 11 is 5.74. The Morgan fingerprint density at radius 1 is 1.80 bits per heavy atom. The van der Waals surface area contributed by atoms with E-state index in [2.05, 4.69) is 10.3 Å². The summed E-state index contributed by atoms with van der Waals surface area (Å²) in [7, 11) is 0. The molecule has 5 heteroatoms. The van der Waals surface area contributed by atoms with Crippen LogP contribution in [0, 0.1) is 11.3 Å². The topological polar surface area (TPSA) is 65.8 Å². The van der Waals surface area contributed by atoms with Crippen LogP contribution in [0.3, 0.4) is 0 Å². The van der Waals surface area contributed by atoms with Gasteiger partial charge in [-0.2, -0.15) is 5.26 Å². The SMILES string of the molecule is C[C@@H](CC#N)NC(=O)c1cccnc1Cl. The van der Waals surface area contributed by atoms with Crippen LogP contribution in [-0.4, -0.2) is 16.9 Å². The molecule has 4 nitrogen and oxygen atoms in total. The predicted molar refractivity (Wildman–Crippen MR) is 56.4 cm³/mol. The second kappa shape index (κ2) is 5.32. The van der Waals surface area contributed by atoms with E-state index in [1.54, 1.807) is 19.1 Å². The molecule has 0 unspecified atom stereocenters. The first-order valence-electron chi connectivity index (χ1n) is 4.43. The third-order valence-electron chi connectivity index (χ3n) is 1.78. The summed E-state index contributed by atoms with van der Waals surface area (Å²) in [5.41, 5.74) is 0.323. The summed E-state index contributed by atoms with van der Waals surface area (Å²) in [5, 5.41) is 11.3. The van der Waals surface area contributed by atoms with Gasteiger partial charge in [0.05, 0.1) is 18.1 Å². The van der Waals surface area contributed by atoms with Gasteiger partial charge >= 0.3 is 0 Å². The lowest BCUT2D eigenvalue weighted by atomic mass is 10.2. The number of nitrogens with zero attached hydrogens (tertiary/aromatic N) is 2. The van der Waals surface area contributed by atoms with E-state index in [0.717, 1.165) is 0 Å². The second-order valence-corrected chi connectivity index (χ2v) is 3.44. The van der Waals surface area contributed by atoms with E-state index < -0.39 is 0 Å². The van der Waals surface area contributed by atoms with Crippen LogP contribution in [0.4, 0.5) is 0 Å². The highest BCUT2D eigenvalue weighted by Crippen LogP contribution is 2.11. The summed E-state index contributed by atoms with van der Waals surface area (Å²) in [6.07, 6.45) is 1.78. The van der Waals surface area contributed by atoms with Crippen LogP contribution in [0.2, 0.25) is 5.15 Å². The van der Waals surface area contributed by atoms with Gasteiger partial charge in [0, 0.05) is 12.2 Å². The Bertz CT molecular complexity index is 400. The van der Waals surface area contributed by atoms with E-state index >= 15 is 0 Å². The minimum absolute atomic E-state index is 0.166. The Balaban J connectivity index is 2.70. The number of pyridine rings is 1. The average molecular weight is 224 g/mol. The molecule has 0 aromatic carbocycles. The van der Waals surface area contributed by atoms with E-state index in [1.165, 1.54) is 6.20 Å². The highest BCUT2D eigenvalue weighted by molar-refractivity contribution is 6.32. The highest BCUT2D eigenvalue weighted by Gasteiger charge is 2.12. The Morgan fingerprint density at radius 3 is 3.13 bits per heavy atom. The first-order chi connectivity index (χ1) is 7.15. The summed E-state index contributed by atoms with van der Waals surface area (Å²) < 4.78 is 0. The fourth-order valence-corrected chi connectivity index (χ4v) is 1.25. The molecule has 0 radical (unpaired) electrons. The van der Waals surface area contributed by atoms with Crippen LogP contribution < -0.4 is 5.32 Å². The van der Waals surface area contributed by atoms with Crippen molar-refractivity contribution < 1.29 is 4.79 Å². The molecule has 1 aromatic rings. The average Bonchev–Trinajstić information content (AvgIpc) is 2.18. The van der Waals surface area contributed by atoms with Crippen molar-refractivity contribution in [3.05, 3.63) is 29.0 Å². The maximum absolute atomic E-state index is 11.6. The van der Waals surface area contributed by atoms with Crippen LogP contribution in [0.5, 0.6) is 0 Å². The molecule has 1 N–H and O–H groups in total. The molecule has 0 bridgehead atoms. The molecule has 0 aliphatic heterocycles. The molecule has 0 spiro atoms. The molecule has 1 atom stereocenters. The number of aromatic nitrogens is 1. The molecule has 0 saturated carbocycles. The fourth-order valence-electron chi connectivity index (χ4n) is 1.04. The van der Waals surface area contributed by atoms with Crippen LogP contribution in [-0.2, 0) is 0 Å². The van der Waals surface area contributed by atoms with Crippen LogP contribution >= 0.6 is 11.6 Å². The van der Waals surface area contributed by atoms with Crippen LogP contribution in [0.25, 0.3) is 0 Å². The van der Waals surface area contributed by atoms with Gasteiger partial charge in [-0.1, -0.05) is 11.6 Å². The molecule has 0 aliphatic rings. The van der Waals surface area contributed by atoms with Gasteiger partial charge in [0.25, 0.3) is 5.91 Å². The number of carbonyl (C=O) groups excluding carboxylic acids is 1. The monoisotopic (exact) mass is 223 g/mol. The molecular formula is C10H10ClN3O. The Morgan fingerprint density at radius 2 is 2.53 bits per heavy atom. The number of hydrogen-bond acceptors (Lipinski definition) is 3. The molecule has 1 aromatic heterocycles. The number of carbonyl (C=O) groups is 1. The first kappa shape index (κ1) is 11.5. The predicted octanol–water partition coefficient (Wildman–Crippen LogP) is 1.77. The Hall–Kier alpha value is -1.60. The van der Waals surface area contributed by atoms with Gasteiger partial charge in [-0.15, -0.1) is 0 Å². The maximum Gasteiger partial charge on any atom is 0.254 e. The van der Waals surface area contributed by atoms with E-state index in [9.17, 15) is 4.79 Å². The summed E-state index contributed by atoms with van der Waals surface area (Å²) in [5.74, 6) is -0.309. The van der Waals surface area contributed by atoms with Crippen molar-refractivity contribution in [3.8, 4) is 6.07 Å².